The maximum atomic E-state index is 12.9. The van der Waals surface area contributed by atoms with E-state index < -0.39 is 0 Å². The summed E-state index contributed by atoms with van der Waals surface area (Å²) in [5, 5.41) is 0. The normalized spacial score (nSPS) is 22.7. The molecule has 30 heavy (non-hydrogen) atoms. The Morgan fingerprint density at radius 3 is 2.53 bits per heavy atom. The Bertz CT molecular complexity index is 801. The molecule has 1 aromatic heterocycles. The maximum absolute atomic E-state index is 12.9. The van der Waals surface area contributed by atoms with Crippen molar-refractivity contribution in [1.82, 2.24) is 14.9 Å². The third-order valence-electron chi connectivity index (χ3n) is 6.96. The lowest BCUT2D eigenvalue weighted by Gasteiger charge is -2.35. The maximum Gasteiger partial charge on any atom is 0.232 e. The molecule has 1 atom stereocenters. The van der Waals surface area contributed by atoms with Gasteiger partial charge in [-0.1, -0.05) is 33.1 Å². The van der Waals surface area contributed by atoms with E-state index in [1.165, 1.54) is 32.1 Å². The molecule has 2 aliphatic heterocycles. The molecule has 6 nitrogen and oxygen atoms in total. The number of aryl methyl sites for hydroxylation is 1. The third-order valence-corrected chi connectivity index (χ3v) is 6.96. The molecule has 6 heteroatoms. The predicted molar refractivity (Wildman–Crippen MR) is 117 cm³/mol. The fourth-order valence-corrected chi connectivity index (χ4v) is 5.33. The van der Waals surface area contributed by atoms with E-state index in [1.807, 2.05) is 16.7 Å². The topological polar surface area (TPSA) is 66.4 Å². The van der Waals surface area contributed by atoms with Crippen LogP contribution in [-0.2, 0) is 16.0 Å². The number of aromatic nitrogens is 2. The Morgan fingerprint density at radius 1 is 1.07 bits per heavy atom. The molecule has 3 heterocycles. The van der Waals surface area contributed by atoms with Crippen molar-refractivity contribution in [3.63, 3.8) is 0 Å². The van der Waals surface area contributed by atoms with Crippen molar-refractivity contribution in [2.45, 2.75) is 91.0 Å². The van der Waals surface area contributed by atoms with E-state index in [0.717, 1.165) is 55.3 Å². The van der Waals surface area contributed by atoms with E-state index in [0.29, 0.717) is 24.7 Å². The largest absolute Gasteiger partial charge is 0.332 e. The molecule has 0 spiro atoms. The summed E-state index contributed by atoms with van der Waals surface area (Å²) in [6, 6.07) is -0.0683. The Kier molecular flexibility index (Phi) is 6.40. The van der Waals surface area contributed by atoms with E-state index in [4.69, 9.17) is 9.97 Å². The average molecular weight is 413 g/mol. The second-order valence-electron chi connectivity index (χ2n) is 9.85. The summed E-state index contributed by atoms with van der Waals surface area (Å²) in [7, 11) is 0. The molecule has 4 rings (SSSR count). The van der Waals surface area contributed by atoms with Crippen LogP contribution in [0.2, 0.25) is 0 Å². The Hall–Kier alpha value is -1.98. The van der Waals surface area contributed by atoms with Crippen LogP contribution in [-0.4, -0.2) is 39.8 Å². The Morgan fingerprint density at radius 2 is 1.80 bits per heavy atom. The predicted octanol–water partition coefficient (Wildman–Crippen LogP) is 4.35. The van der Waals surface area contributed by atoms with Gasteiger partial charge in [-0.2, -0.15) is 0 Å². The van der Waals surface area contributed by atoms with Crippen molar-refractivity contribution in [1.29, 1.82) is 0 Å². The molecule has 1 saturated carbocycles. The van der Waals surface area contributed by atoms with Gasteiger partial charge in [0.15, 0.2) is 5.82 Å². The van der Waals surface area contributed by atoms with Gasteiger partial charge in [0.25, 0.3) is 0 Å². The van der Waals surface area contributed by atoms with Crippen molar-refractivity contribution < 1.29 is 9.59 Å². The Labute approximate surface area is 180 Å². The van der Waals surface area contributed by atoms with Crippen molar-refractivity contribution >= 4 is 17.6 Å². The highest BCUT2D eigenvalue weighted by molar-refractivity contribution is 6.00. The van der Waals surface area contributed by atoms with Crippen LogP contribution in [0.15, 0.2) is 0 Å². The highest BCUT2D eigenvalue weighted by Crippen LogP contribution is 2.36. The van der Waals surface area contributed by atoms with Crippen LogP contribution in [0.5, 0.6) is 0 Å². The molecule has 0 N–H and O–H groups in total. The third kappa shape index (κ3) is 4.37. The molecule has 2 fully saturated rings. The first kappa shape index (κ1) is 21.3. The quantitative estimate of drug-likeness (QED) is 0.721. The summed E-state index contributed by atoms with van der Waals surface area (Å²) < 4.78 is 0. The number of fused-ring (bicyclic) bond motifs is 1. The molecule has 164 valence electrons. The first-order valence-corrected chi connectivity index (χ1v) is 11.9. The number of hydrogen-bond donors (Lipinski definition) is 0. The van der Waals surface area contributed by atoms with Gasteiger partial charge in [0.05, 0.1) is 12.5 Å². The highest BCUT2D eigenvalue weighted by atomic mass is 16.2. The zero-order valence-corrected chi connectivity index (χ0v) is 18.8. The summed E-state index contributed by atoms with van der Waals surface area (Å²) in [6.45, 7) is 7.72. The van der Waals surface area contributed by atoms with Crippen LogP contribution in [0.1, 0.15) is 94.8 Å². The number of rotatable bonds is 5. The minimum absolute atomic E-state index is 0.0683. The lowest BCUT2D eigenvalue weighted by atomic mass is 9.89. The van der Waals surface area contributed by atoms with Crippen LogP contribution in [0, 0.1) is 18.8 Å². The van der Waals surface area contributed by atoms with Crippen molar-refractivity contribution in [3.8, 4) is 0 Å². The lowest BCUT2D eigenvalue weighted by Crippen LogP contribution is -2.40. The van der Waals surface area contributed by atoms with Gasteiger partial charge in [-0.05, 0) is 50.9 Å². The number of hydrogen-bond acceptors (Lipinski definition) is 4. The van der Waals surface area contributed by atoms with Crippen LogP contribution in [0.3, 0.4) is 0 Å². The first-order valence-electron chi connectivity index (χ1n) is 11.9. The van der Waals surface area contributed by atoms with E-state index in [-0.39, 0.29) is 17.9 Å². The number of carbonyl (C=O) groups is 2. The van der Waals surface area contributed by atoms with Crippen LogP contribution >= 0.6 is 0 Å². The fourth-order valence-electron chi connectivity index (χ4n) is 5.33. The molecule has 0 unspecified atom stereocenters. The van der Waals surface area contributed by atoms with Gasteiger partial charge in [0, 0.05) is 30.8 Å². The molecular weight excluding hydrogens is 376 g/mol. The first-order chi connectivity index (χ1) is 14.4. The highest BCUT2D eigenvalue weighted by Gasteiger charge is 2.36. The molecule has 2 amide bonds. The van der Waals surface area contributed by atoms with Gasteiger partial charge in [-0.15, -0.1) is 0 Å². The van der Waals surface area contributed by atoms with Crippen molar-refractivity contribution in [2.24, 2.45) is 11.8 Å². The van der Waals surface area contributed by atoms with Gasteiger partial charge in [-0.25, -0.2) is 9.97 Å². The van der Waals surface area contributed by atoms with Crippen LogP contribution in [0.25, 0.3) is 0 Å². The number of carbonyl (C=O) groups excluding carboxylic acids is 2. The Balaban J connectivity index is 1.61. The fraction of sp³-hybridized carbons (Fsp3) is 0.750. The average Bonchev–Trinajstić information content (AvgIpc) is 3.04. The number of anilines is 1. The van der Waals surface area contributed by atoms with Gasteiger partial charge in [0.2, 0.25) is 11.8 Å². The zero-order chi connectivity index (χ0) is 21.3. The van der Waals surface area contributed by atoms with Gasteiger partial charge < -0.3 is 4.90 Å². The number of likely N-dealkylation sites (tertiary alicyclic amines) is 1. The summed E-state index contributed by atoms with van der Waals surface area (Å²) in [4.78, 5) is 39.4. The molecule has 1 aliphatic carbocycles. The smallest absolute Gasteiger partial charge is 0.232 e. The van der Waals surface area contributed by atoms with E-state index in [1.54, 1.807) is 0 Å². The molecular formula is C24H36N4O2. The summed E-state index contributed by atoms with van der Waals surface area (Å²) >= 11 is 0. The monoisotopic (exact) mass is 412 g/mol. The second-order valence-corrected chi connectivity index (χ2v) is 9.85. The lowest BCUT2D eigenvalue weighted by molar-refractivity contribution is -0.136. The van der Waals surface area contributed by atoms with Gasteiger partial charge >= 0.3 is 0 Å². The van der Waals surface area contributed by atoms with E-state index in [9.17, 15) is 9.59 Å². The molecule has 1 saturated heterocycles. The second kappa shape index (κ2) is 9.03. The molecule has 3 aliphatic rings. The van der Waals surface area contributed by atoms with E-state index in [2.05, 4.69) is 13.8 Å². The standard InChI is InChI=1S/C24H36N4O2/c1-16(2)13-21(29)27-12-8-7-11-20(27)23-25-17(3)19-14-22(30)28(24(19)26-23)15-18-9-5-4-6-10-18/h16,18,20H,4-15H2,1-3H3/t20-/m0/s1. The number of piperidine rings is 1. The molecule has 0 radical (unpaired) electrons. The SMILES string of the molecule is Cc1nc([C@@H]2CCCCN2C(=O)CC(C)C)nc2c1CC(=O)N2CC1CCCCC1. The minimum atomic E-state index is -0.0683. The summed E-state index contributed by atoms with van der Waals surface area (Å²) in [5.74, 6) is 2.81. The molecule has 1 aromatic rings. The van der Waals surface area contributed by atoms with Crippen LogP contribution < -0.4 is 4.90 Å². The molecule has 0 aromatic carbocycles. The minimum Gasteiger partial charge on any atom is -0.332 e. The molecule has 0 bridgehead atoms. The number of nitrogens with zero attached hydrogens (tertiary/aromatic N) is 4. The summed E-state index contributed by atoms with van der Waals surface area (Å²) in [5.41, 5.74) is 1.88. The van der Waals surface area contributed by atoms with Crippen molar-refractivity contribution in [3.05, 3.63) is 17.1 Å². The van der Waals surface area contributed by atoms with Gasteiger partial charge in [-0.3, -0.25) is 14.5 Å². The van der Waals surface area contributed by atoms with Crippen LogP contribution in [0.4, 0.5) is 5.82 Å². The zero-order valence-electron chi connectivity index (χ0n) is 18.8. The van der Waals surface area contributed by atoms with Gasteiger partial charge in [0.1, 0.15) is 5.82 Å². The summed E-state index contributed by atoms with van der Waals surface area (Å²) in [6.07, 6.45) is 10.3. The van der Waals surface area contributed by atoms with Crippen molar-refractivity contribution in [2.75, 3.05) is 18.0 Å². The van der Waals surface area contributed by atoms with E-state index >= 15 is 0 Å². The number of amides is 2.